The van der Waals surface area contributed by atoms with Crippen LogP contribution >= 0.6 is 0 Å². The van der Waals surface area contributed by atoms with Gasteiger partial charge in [0.1, 0.15) is 5.82 Å². The number of nitrogens with two attached hydrogens (primary N) is 2. The summed E-state index contributed by atoms with van der Waals surface area (Å²) < 4.78 is 56.8. The molecule has 0 fully saturated rings. The Labute approximate surface area is 164 Å². The Morgan fingerprint density at radius 2 is 1.78 bits per heavy atom. The van der Waals surface area contributed by atoms with Gasteiger partial charge < -0.3 is 31.0 Å². The maximum atomic E-state index is 8.44. The SMILES string of the molecule is [2H]c1c(CNc2cc(OC)c(OC)c(OC)c2)c(C([2H])([2H])[2H])c2c(N)nc(N)nc2c1[2H]. The fourth-order valence-corrected chi connectivity index (χ4v) is 2.69. The Bertz CT molecular complexity index is 1160. The molecule has 2 aromatic carbocycles. The molecule has 0 spiro atoms. The van der Waals surface area contributed by atoms with Crippen LogP contribution in [-0.2, 0) is 6.54 Å². The third-order valence-corrected chi connectivity index (χ3v) is 3.97. The molecule has 1 heterocycles. The number of aromatic nitrogens is 2. The number of aryl methyl sites for hydroxylation is 1. The van der Waals surface area contributed by atoms with Gasteiger partial charge in [0.2, 0.25) is 11.7 Å². The highest BCUT2D eigenvalue weighted by molar-refractivity contribution is 5.92. The summed E-state index contributed by atoms with van der Waals surface area (Å²) in [5.74, 6) is 0.809. The number of nitrogens with zero attached hydrogens (tertiary/aromatic N) is 2. The summed E-state index contributed by atoms with van der Waals surface area (Å²) in [4.78, 5) is 7.81. The summed E-state index contributed by atoms with van der Waals surface area (Å²) >= 11 is 0. The number of ether oxygens (including phenoxy) is 3. The minimum Gasteiger partial charge on any atom is -0.493 e. The van der Waals surface area contributed by atoms with Crippen molar-refractivity contribution >= 4 is 28.4 Å². The molecule has 142 valence electrons. The van der Waals surface area contributed by atoms with Crippen LogP contribution in [0.4, 0.5) is 17.5 Å². The molecule has 3 aromatic rings. The van der Waals surface area contributed by atoms with Crippen LogP contribution in [0, 0.1) is 6.85 Å². The van der Waals surface area contributed by atoms with Gasteiger partial charge in [-0.25, -0.2) is 4.98 Å². The molecular weight excluding hydrogens is 346 g/mol. The highest BCUT2D eigenvalue weighted by Crippen LogP contribution is 2.40. The zero-order valence-corrected chi connectivity index (χ0v) is 15.1. The second-order valence-electron chi connectivity index (χ2n) is 5.56. The van der Waals surface area contributed by atoms with E-state index in [9.17, 15) is 0 Å². The topological polar surface area (TPSA) is 118 Å². The molecule has 0 aliphatic heterocycles. The Balaban J connectivity index is 2.17. The first-order chi connectivity index (χ1) is 15.0. The normalized spacial score (nSPS) is 13.8. The van der Waals surface area contributed by atoms with Crippen LogP contribution in [0.2, 0.25) is 0 Å². The van der Waals surface area contributed by atoms with Crippen molar-refractivity contribution in [2.45, 2.75) is 13.4 Å². The lowest BCUT2D eigenvalue weighted by Gasteiger charge is -2.16. The maximum Gasteiger partial charge on any atom is 0.222 e. The molecule has 27 heavy (non-hydrogen) atoms. The summed E-state index contributed by atoms with van der Waals surface area (Å²) in [5, 5.41) is 3.05. The highest BCUT2D eigenvalue weighted by Gasteiger charge is 2.14. The predicted octanol–water partition coefficient (Wildman–Crippen LogP) is 2.74. The van der Waals surface area contributed by atoms with Crippen molar-refractivity contribution in [2.75, 3.05) is 38.1 Å². The molecule has 1 aromatic heterocycles. The van der Waals surface area contributed by atoms with Crippen molar-refractivity contribution in [2.24, 2.45) is 0 Å². The second kappa shape index (κ2) is 7.45. The standard InChI is InChI=1S/C19H23N5O3/c1-10-11(5-6-13-16(10)18(20)24-19(21)23-13)9-22-12-7-14(25-2)17(27-4)15(8-12)26-3/h5-8,22H,9H2,1-4H3,(H4,20,21,23,24)/i1D3,5D,6D. The number of rotatable bonds is 6. The van der Waals surface area contributed by atoms with Gasteiger partial charge in [-0.3, -0.25) is 0 Å². The Morgan fingerprint density at radius 1 is 1.07 bits per heavy atom. The van der Waals surface area contributed by atoms with Crippen LogP contribution in [0.25, 0.3) is 10.9 Å². The first kappa shape index (κ1) is 12.9. The van der Waals surface area contributed by atoms with Gasteiger partial charge in [-0.2, -0.15) is 4.98 Å². The van der Waals surface area contributed by atoms with Gasteiger partial charge in [-0.15, -0.1) is 0 Å². The first-order valence-electron chi connectivity index (χ1n) is 10.4. The van der Waals surface area contributed by atoms with Crippen molar-refractivity contribution in [1.82, 2.24) is 9.97 Å². The third-order valence-electron chi connectivity index (χ3n) is 3.97. The van der Waals surface area contributed by atoms with E-state index in [2.05, 4.69) is 15.3 Å². The number of nitrogen functional groups attached to an aromatic ring is 2. The largest absolute Gasteiger partial charge is 0.493 e. The van der Waals surface area contributed by atoms with E-state index in [0.717, 1.165) is 0 Å². The fourth-order valence-electron chi connectivity index (χ4n) is 2.69. The van der Waals surface area contributed by atoms with E-state index in [1.54, 1.807) is 12.1 Å². The molecule has 0 saturated carbocycles. The van der Waals surface area contributed by atoms with Crippen molar-refractivity contribution in [3.63, 3.8) is 0 Å². The average molecular weight is 374 g/mol. The van der Waals surface area contributed by atoms with Crippen molar-refractivity contribution < 1.29 is 21.1 Å². The van der Waals surface area contributed by atoms with Gasteiger partial charge >= 0.3 is 0 Å². The van der Waals surface area contributed by atoms with E-state index >= 15 is 0 Å². The lowest BCUT2D eigenvalue weighted by atomic mass is 10.0. The van der Waals surface area contributed by atoms with Crippen LogP contribution in [-0.4, -0.2) is 31.3 Å². The zero-order valence-electron chi connectivity index (χ0n) is 20.1. The predicted molar refractivity (Wildman–Crippen MR) is 107 cm³/mol. The minimum atomic E-state index is -2.65. The first-order valence-corrected chi connectivity index (χ1v) is 7.92. The fraction of sp³-hybridized carbons (Fsp3) is 0.263. The zero-order chi connectivity index (χ0) is 23.8. The summed E-state index contributed by atoms with van der Waals surface area (Å²) in [6, 6.07) is 2.68. The molecule has 5 N–H and O–H groups in total. The number of hydrogen-bond acceptors (Lipinski definition) is 8. The molecule has 0 amide bonds. The Hall–Kier alpha value is -3.42. The molecular formula is C19H23N5O3. The minimum absolute atomic E-state index is 0.0121. The monoisotopic (exact) mass is 374 g/mol. The van der Waals surface area contributed by atoms with Crippen molar-refractivity contribution in [3.8, 4) is 17.2 Å². The van der Waals surface area contributed by atoms with E-state index in [1.165, 1.54) is 21.3 Å². The second-order valence-corrected chi connectivity index (χ2v) is 5.56. The maximum absolute atomic E-state index is 8.44. The van der Waals surface area contributed by atoms with Gasteiger partial charge in [0.05, 0.1) is 29.6 Å². The summed E-state index contributed by atoms with van der Waals surface area (Å²) in [6.45, 7) is -2.75. The van der Waals surface area contributed by atoms with E-state index in [1.807, 2.05) is 0 Å². The molecule has 8 heteroatoms. The Kier molecular flexibility index (Phi) is 3.55. The summed E-state index contributed by atoms with van der Waals surface area (Å²) in [5.41, 5.74) is 11.9. The Morgan fingerprint density at radius 3 is 2.37 bits per heavy atom. The molecule has 8 nitrogen and oxygen atoms in total. The van der Waals surface area contributed by atoms with Crippen molar-refractivity contribution in [3.05, 3.63) is 35.3 Å². The number of fused-ring (bicyclic) bond motifs is 1. The number of nitrogens with one attached hydrogen (secondary N) is 1. The van der Waals surface area contributed by atoms with Crippen LogP contribution < -0.4 is 31.0 Å². The quantitative estimate of drug-likeness (QED) is 0.603. The lowest BCUT2D eigenvalue weighted by molar-refractivity contribution is 0.324. The molecule has 0 bridgehead atoms. The van der Waals surface area contributed by atoms with E-state index < -0.39 is 6.85 Å². The van der Waals surface area contributed by atoms with Gasteiger partial charge in [-0.05, 0) is 24.0 Å². The van der Waals surface area contributed by atoms with E-state index in [4.69, 9.17) is 32.5 Å². The van der Waals surface area contributed by atoms with Crippen LogP contribution in [0.5, 0.6) is 17.2 Å². The highest BCUT2D eigenvalue weighted by atomic mass is 16.5. The van der Waals surface area contributed by atoms with Gasteiger partial charge in [0, 0.05) is 33.9 Å². The smallest absolute Gasteiger partial charge is 0.222 e. The summed E-state index contributed by atoms with van der Waals surface area (Å²) in [7, 11) is 4.42. The van der Waals surface area contributed by atoms with Gasteiger partial charge in [0.25, 0.3) is 0 Å². The van der Waals surface area contributed by atoms with Crippen LogP contribution in [0.15, 0.2) is 24.2 Å². The lowest BCUT2D eigenvalue weighted by Crippen LogP contribution is -2.06. The number of anilines is 3. The third kappa shape index (κ3) is 3.46. The van der Waals surface area contributed by atoms with Crippen LogP contribution in [0.1, 0.15) is 18.0 Å². The molecule has 0 aliphatic carbocycles. The summed E-state index contributed by atoms with van der Waals surface area (Å²) in [6.07, 6.45) is 0. The number of methoxy groups -OCH3 is 3. The van der Waals surface area contributed by atoms with Crippen LogP contribution in [0.3, 0.4) is 0 Å². The van der Waals surface area contributed by atoms with Crippen molar-refractivity contribution in [1.29, 1.82) is 0 Å². The molecule has 0 unspecified atom stereocenters. The molecule has 0 radical (unpaired) electrons. The molecule has 3 rings (SSSR count). The van der Waals surface area contributed by atoms with E-state index in [0.29, 0.717) is 22.9 Å². The number of benzene rings is 2. The van der Waals surface area contributed by atoms with Gasteiger partial charge in [-0.1, -0.05) is 6.04 Å². The van der Waals surface area contributed by atoms with Gasteiger partial charge in [0.15, 0.2) is 11.5 Å². The van der Waals surface area contributed by atoms with E-state index in [-0.39, 0.29) is 52.4 Å². The number of hydrogen-bond donors (Lipinski definition) is 3. The molecule has 0 saturated heterocycles. The molecule has 0 atom stereocenters. The average Bonchev–Trinajstić information content (AvgIpc) is 2.73. The molecule has 0 aliphatic rings.